The molecule has 11 nitrogen and oxygen atoms in total. The zero-order valence-electron chi connectivity index (χ0n) is 17.9. The van der Waals surface area contributed by atoms with Crippen LogP contribution >= 0.6 is 0 Å². The highest BCUT2D eigenvalue weighted by atomic mass is 32.2. The Kier molecular flexibility index (Phi) is 5.76. The van der Waals surface area contributed by atoms with E-state index in [1.807, 2.05) is 0 Å². The van der Waals surface area contributed by atoms with Crippen LogP contribution in [0.15, 0.2) is 23.1 Å². The van der Waals surface area contributed by atoms with Crippen LogP contribution in [0.5, 0.6) is 11.5 Å². The van der Waals surface area contributed by atoms with Gasteiger partial charge in [0.2, 0.25) is 15.9 Å². The number of urea groups is 1. The largest absolute Gasteiger partial charge is 0.486 e. The molecule has 1 atom stereocenters. The fraction of sp³-hybridized carbons (Fsp3) is 0.550. The van der Waals surface area contributed by atoms with Gasteiger partial charge in [-0.3, -0.25) is 15.0 Å². The summed E-state index contributed by atoms with van der Waals surface area (Å²) < 4.78 is 38.3. The van der Waals surface area contributed by atoms with Crippen LogP contribution < -0.4 is 20.2 Å². The van der Waals surface area contributed by atoms with Gasteiger partial charge in [-0.2, -0.15) is 9.31 Å². The van der Waals surface area contributed by atoms with Gasteiger partial charge in [-0.05, 0) is 38.3 Å². The minimum Gasteiger partial charge on any atom is -0.486 e. The quantitative estimate of drug-likeness (QED) is 0.607. The van der Waals surface area contributed by atoms with Gasteiger partial charge >= 0.3 is 6.03 Å². The van der Waals surface area contributed by atoms with Crippen molar-refractivity contribution in [2.75, 3.05) is 26.3 Å². The highest BCUT2D eigenvalue weighted by Gasteiger charge is 2.48. The zero-order chi connectivity index (χ0) is 23.1. The van der Waals surface area contributed by atoms with Crippen molar-refractivity contribution in [3.8, 4) is 11.5 Å². The van der Waals surface area contributed by atoms with E-state index in [0.717, 1.165) is 0 Å². The second-order valence-corrected chi connectivity index (χ2v) is 10.2. The predicted molar refractivity (Wildman–Crippen MR) is 111 cm³/mol. The molecule has 174 valence electrons. The number of ether oxygens (including phenoxy) is 2. The van der Waals surface area contributed by atoms with Crippen molar-refractivity contribution in [1.82, 2.24) is 20.1 Å². The lowest BCUT2D eigenvalue weighted by Gasteiger charge is -2.31. The number of fused-ring (bicyclic) bond motifs is 1. The number of carbonyl (C=O) groups excluding carboxylic acids is 3. The number of hydrogen-bond acceptors (Lipinski definition) is 7. The van der Waals surface area contributed by atoms with Crippen LogP contribution in [0.25, 0.3) is 0 Å². The second kappa shape index (κ2) is 8.24. The van der Waals surface area contributed by atoms with E-state index in [2.05, 4.69) is 10.7 Å². The van der Waals surface area contributed by atoms with E-state index in [9.17, 15) is 22.8 Å². The predicted octanol–water partition coefficient (Wildman–Crippen LogP) is 0.610. The van der Waals surface area contributed by atoms with Crippen molar-refractivity contribution >= 4 is 27.9 Å². The Bertz CT molecular complexity index is 1050. The van der Waals surface area contributed by atoms with Crippen LogP contribution in [0.3, 0.4) is 0 Å². The topological polar surface area (TPSA) is 134 Å². The van der Waals surface area contributed by atoms with E-state index in [-0.39, 0.29) is 30.8 Å². The highest BCUT2D eigenvalue weighted by molar-refractivity contribution is 7.89. The van der Waals surface area contributed by atoms with Crippen LogP contribution in [0.4, 0.5) is 4.79 Å². The molecule has 2 fully saturated rings. The molecule has 1 aromatic rings. The summed E-state index contributed by atoms with van der Waals surface area (Å²) in [4.78, 5) is 37.3. The average molecular weight is 467 g/mol. The first kappa shape index (κ1) is 22.3. The molecule has 0 aromatic heterocycles. The van der Waals surface area contributed by atoms with Gasteiger partial charge < -0.3 is 14.8 Å². The van der Waals surface area contributed by atoms with Crippen LogP contribution in [-0.4, -0.2) is 67.4 Å². The van der Waals surface area contributed by atoms with Crippen molar-refractivity contribution in [3.63, 3.8) is 0 Å². The van der Waals surface area contributed by atoms with Gasteiger partial charge in [0.15, 0.2) is 11.5 Å². The first-order chi connectivity index (χ1) is 15.2. The van der Waals surface area contributed by atoms with Gasteiger partial charge in [0.1, 0.15) is 18.8 Å². The maximum atomic E-state index is 13.0. The molecule has 12 heteroatoms. The van der Waals surface area contributed by atoms with Gasteiger partial charge in [-0.15, -0.1) is 0 Å². The fourth-order valence-corrected chi connectivity index (χ4v) is 5.40. The summed E-state index contributed by atoms with van der Waals surface area (Å²) in [6.07, 6.45) is 0.925. The molecule has 3 heterocycles. The molecule has 0 aliphatic carbocycles. The Balaban J connectivity index is 1.38. The van der Waals surface area contributed by atoms with Gasteiger partial charge in [-0.25, -0.2) is 13.2 Å². The molecule has 4 rings (SSSR count). The van der Waals surface area contributed by atoms with E-state index < -0.39 is 39.3 Å². The normalized spacial score (nSPS) is 24.4. The molecular formula is C20H26N4O7S. The van der Waals surface area contributed by atoms with Crippen molar-refractivity contribution in [2.24, 2.45) is 5.92 Å². The standard InChI is InChI=1S/C20H26N4O7S/c1-3-20(2)18(26)24(19(27)21-20)22-17(25)13-6-8-23(9-7-13)32(28,29)14-4-5-15-16(12-14)31-11-10-30-15/h4-5,12-13H,3,6-11H2,1-2H3,(H,21,27)(H,22,25). The number of hydrazine groups is 1. The van der Waals surface area contributed by atoms with Gasteiger partial charge in [0.05, 0.1) is 4.90 Å². The third-order valence-electron chi connectivity index (χ3n) is 6.17. The summed E-state index contributed by atoms with van der Waals surface area (Å²) in [5.41, 5.74) is 1.34. The van der Waals surface area contributed by atoms with Crippen LogP contribution in [0.1, 0.15) is 33.1 Å². The first-order valence-corrected chi connectivity index (χ1v) is 12.0. The third kappa shape index (κ3) is 3.88. The molecule has 2 saturated heterocycles. The monoisotopic (exact) mass is 466 g/mol. The molecule has 1 unspecified atom stereocenters. The Morgan fingerprint density at radius 3 is 2.47 bits per heavy atom. The molecule has 0 radical (unpaired) electrons. The first-order valence-electron chi connectivity index (χ1n) is 10.5. The number of sulfonamides is 1. The van der Waals surface area contributed by atoms with Gasteiger partial charge in [-0.1, -0.05) is 6.92 Å². The second-order valence-electron chi connectivity index (χ2n) is 8.22. The number of carbonyl (C=O) groups is 3. The minimum atomic E-state index is -3.77. The Morgan fingerprint density at radius 2 is 1.84 bits per heavy atom. The van der Waals surface area contributed by atoms with E-state index in [0.29, 0.717) is 36.1 Å². The zero-order valence-corrected chi connectivity index (χ0v) is 18.7. The number of imide groups is 1. The number of nitrogens with zero attached hydrogens (tertiary/aromatic N) is 2. The molecule has 4 amide bonds. The molecule has 0 bridgehead atoms. The average Bonchev–Trinajstić information content (AvgIpc) is 3.02. The molecule has 2 N–H and O–H groups in total. The van der Waals surface area contributed by atoms with Gasteiger partial charge in [0.25, 0.3) is 5.91 Å². The third-order valence-corrected chi connectivity index (χ3v) is 8.06. The van der Waals surface area contributed by atoms with Crippen LogP contribution in [-0.2, 0) is 19.6 Å². The molecular weight excluding hydrogens is 440 g/mol. The smallest absolute Gasteiger partial charge is 0.344 e. The summed E-state index contributed by atoms with van der Waals surface area (Å²) in [5, 5.41) is 3.28. The Labute approximate surface area is 186 Å². The van der Waals surface area contributed by atoms with Crippen molar-refractivity contribution in [2.45, 2.75) is 43.5 Å². The highest BCUT2D eigenvalue weighted by Crippen LogP contribution is 2.34. The van der Waals surface area contributed by atoms with Gasteiger partial charge in [0, 0.05) is 25.1 Å². The minimum absolute atomic E-state index is 0.0998. The van der Waals surface area contributed by atoms with Crippen LogP contribution in [0.2, 0.25) is 0 Å². The summed E-state index contributed by atoms with van der Waals surface area (Å²) in [6.45, 7) is 4.41. The van der Waals surface area contributed by atoms with Crippen LogP contribution in [0, 0.1) is 5.92 Å². The number of hydrogen-bond donors (Lipinski definition) is 2. The van der Waals surface area contributed by atoms with E-state index >= 15 is 0 Å². The number of amides is 4. The number of nitrogens with one attached hydrogen (secondary N) is 2. The van der Waals surface area contributed by atoms with E-state index in [1.54, 1.807) is 19.9 Å². The Hall–Kier alpha value is -2.86. The molecule has 32 heavy (non-hydrogen) atoms. The maximum Gasteiger partial charge on any atom is 0.344 e. The molecule has 1 aromatic carbocycles. The Morgan fingerprint density at radius 1 is 1.19 bits per heavy atom. The number of piperidine rings is 1. The van der Waals surface area contributed by atoms with Crippen molar-refractivity contribution in [1.29, 1.82) is 0 Å². The van der Waals surface area contributed by atoms with E-state index in [4.69, 9.17) is 9.47 Å². The summed E-state index contributed by atoms with van der Waals surface area (Å²) in [5.74, 6) is -0.623. The van der Waals surface area contributed by atoms with E-state index in [1.165, 1.54) is 16.4 Å². The molecule has 3 aliphatic rings. The number of benzene rings is 1. The summed E-state index contributed by atoms with van der Waals surface area (Å²) >= 11 is 0. The molecule has 0 saturated carbocycles. The lowest BCUT2D eigenvalue weighted by atomic mass is 9.97. The van der Waals surface area contributed by atoms with Crippen molar-refractivity contribution < 1.29 is 32.3 Å². The summed E-state index contributed by atoms with van der Waals surface area (Å²) in [6, 6.07) is 3.82. The fourth-order valence-electron chi connectivity index (χ4n) is 3.92. The summed E-state index contributed by atoms with van der Waals surface area (Å²) in [7, 11) is -3.77. The molecule has 3 aliphatic heterocycles. The molecule has 0 spiro atoms. The number of rotatable bonds is 5. The maximum absolute atomic E-state index is 13.0. The van der Waals surface area contributed by atoms with Crippen molar-refractivity contribution in [3.05, 3.63) is 18.2 Å². The SMILES string of the molecule is CCC1(C)NC(=O)N(NC(=O)C2CCN(S(=O)(=O)c3ccc4c(c3)OCCO4)CC2)C1=O. The lowest BCUT2D eigenvalue weighted by molar-refractivity contribution is -0.140. The lowest BCUT2D eigenvalue weighted by Crippen LogP contribution is -2.51.